The normalized spacial score (nSPS) is 8.92. The lowest BCUT2D eigenvalue weighted by atomic mass is 10.2. The lowest BCUT2D eigenvalue weighted by molar-refractivity contribution is 0.210. The summed E-state index contributed by atoms with van der Waals surface area (Å²) in [5.41, 5.74) is 0.775. The van der Waals surface area contributed by atoms with Crippen LogP contribution in [0.15, 0.2) is 22.7 Å². The Balaban J connectivity index is 3.03. The van der Waals surface area contributed by atoms with E-state index in [-0.39, 0.29) is 0 Å². The molecule has 0 saturated heterocycles. The second-order valence-corrected chi connectivity index (χ2v) is 3.19. The van der Waals surface area contributed by atoms with Gasteiger partial charge in [0.1, 0.15) is 0 Å². The number of hydrogen-bond acceptors (Lipinski definition) is 2. The zero-order valence-electron chi connectivity index (χ0n) is 6.41. The van der Waals surface area contributed by atoms with Crippen LogP contribution in [0.25, 0.3) is 0 Å². The van der Waals surface area contributed by atoms with Crippen molar-refractivity contribution in [2.24, 2.45) is 0 Å². The number of halogens is 1. The van der Waals surface area contributed by atoms with Gasteiger partial charge in [-0.3, -0.25) is 5.32 Å². The first-order chi connectivity index (χ1) is 6.11. The first-order valence-electron chi connectivity index (χ1n) is 3.32. The Bertz CT molecular complexity index is 384. The molecule has 0 heterocycles. The van der Waals surface area contributed by atoms with Crippen molar-refractivity contribution in [2.75, 3.05) is 5.32 Å². The predicted octanol–water partition coefficient (Wildman–Crippen LogP) is 2.41. The molecular weight excluding hydrogens is 236 g/mol. The minimum absolute atomic E-state index is 0.374. The second-order valence-electron chi connectivity index (χ2n) is 2.27. The Labute approximate surface area is 82.9 Å². The molecule has 5 heteroatoms. The minimum atomic E-state index is -1.15. The third kappa shape index (κ3) is 2.76. The monoisotopic (exact) mass is 240 g/mol. The highest BCUT2D eigenvalue weighted by Crippen LogP contribution is 2.18. The van der Waals surface area contributed by atoms with Crippen LogP contribution < -0.4 is 5.32 Å². The molecule has 0 atom stereocenters. The molecule has 0 aromatic heterocycles. The molecule has 0 aliphatic carbocycles. The van der Waals surface area contributed by atoms with Gasteiger partial charge < -0.3 is 5.11 Å². The maximum Gasteiger partial charge on any atom is 0.409 e. The van der Waals surface area contributed by atoms with Gasteiger partial charge in [-0.25, -0.2) is 4.79 Å². The standard InChI is InChI=1S/C8H5BrN2O2/c9-6-1-5(4-10)2-7(3-6)11-8(12)13/h1-3,11H,(H,12,13). The van der Waals surface area contributed by atoms with Crippen LogP contribution in [0.2, 0.25) is 0 Å². The van der Waals surface area contributed by atoms with Crippen molar-refractivity contribution in [1.29, 1.82) is 5.26 Å². The average Bonchev–Trinajstić information content (AvgIpc) is 2.01. The first kappa shape index (κ1) is 9.55. The summed E-state index contributed by atoms with van der Waals surface area (Å²) in [5, 5.41) is 19.1. The second kappa shape index (κ2) is 3.92. The zero-order valence-corrected chi connectivity index (χ0v) is 8.00. The molecule has 1 rings (SSSR count). The largest absolute Gasteiger partial charge is 0.465 e. The van der Waals surface area contributed by atoms with Crippen molar-refractivity contribution < 1.29 is 9.90 Å². The summed E-state index contributed by atoms with van der Waals surface area (Å²) < 4.78 is 0.662. The van der Waals surface area contributed by atoms with Crippen molar-refractivity contribution >= 4 is 27.7 Å². The summed E-state index contributed by atoms with van der Waals surface area (Å²) in [6.45, 7) is 0. The Morgan fingerprint density at radius 2 is 2.23 bits per heavy atom. The summed E-state index contributed by atoms with van der Waals surface area (Å²) in [5.74, 6) is 0. The molecule has 0 spiro atoms. The quantitative estimate of drug-likeness (QED) is 0.792. The van der Waals surface area contributed by atoms with Gasteiger partial charge in [0.05, 0.1) is 11.6 Å². The van der Waals surface area contributed by atoms with Gasteiger partial charge in [-0.1, -0.05) is 15.9 Å². The Morgan fingerprint density at radius 3 is 2.77 bits per heavy atom. The molecule has 0 radical (unpaired) electrons. The summed E-state index contributed by atoms with van der Waals surface area (Å²) in [7, 11) is 0. The van der Waals surface area contributed by atoms with Crippen LogP contribution in [-0.2, 0) is 0 Å². The van der Waals surface area contributed by atoms with Crippen LogP contribution in [0.3, 0.4) is 0 Å². The maximum absolute atomic E-state index is 10.3. The van der Waals surface area contributed by atoms with Gasteiger partial charge in [0.15, 0.2) is 0 Å². The zero-order chi connectivity index (χ0) is 9.84. The van der Waals surface area contributed by atoms with Gasteiger partial charge in [-0.2, -0.15) is 5.26 Å². The molecule has 1 aromatic rings. The van der Waals surface area contributed by atoms with Crippen molar-refractivity contribution in [3.8, 4) is 6.07 Å². The molecule has 13 heavy (non-hydrogen) atoms. The van der Waals surface area contributed by atoms with Crippen molar-refractivity contribution in [2.45, 2.75) is 0 Å². The molecule has 4 nitrogen and oxygen atoms in total. The third-order valence-corrected chi connectivity index (χ3v) is 1.74. The molecule has 2 N–H and O–H groups in total. The Morgan fingerprint density at radius 1 is 1.54 bits per heavy atom. The van der Waals surface area contributed by atoms with Gasteiger partial charge in [-0.15, -0.1) is 0 Å². The highest BCUT2D eigenvalue weighted by Gasteiger charge is 2.01. The van der Waals surface area contributed by atoms with Crippen LogP contribution >= 0.6 is 15.9 Å². The molecule has 0 aliphatic rings. The predicted molar refractivity (Wildman–Crippen MR) is 50.5 cm³/mol. The molecule has 0 saturated carbocycles. The SMILES string of the molecule is N#Cc1cc(Br)cc(NC(=O)O)c1. The van der Waals surface area contributed by atoms with E-state index in [0.717, 1.165) is 0 Å². The first-order valence-corrected chi connectivity index (χ1v) is 4.12. The number of benzene rings is 1. The number of amides is 1. The van der Waals surface area contributed by atoms with Gasteiger partial charge in [0.2, 0.25) is 0 Å². The maximum atomic E-state index is 10.3. The Kier molecular flexibility index (Phi) is 2.88. The molecule has 0 unspecified atom stereocenters. The summed E-state index contributed by atoms with van der Waals surface area (Å²) in [6.07, 6.45) is -1.15. The van der Waals surface area contributed by atoms with Crippen molar-refractivity contribution in [3.63, 3.8) is 0 Å². The fourth-order valence-electron chi connectivity index (χ4n) is 0.850. The van der Waals surface area contributed by atoms with Gasteiger partial charge in [0.25, 0.3) is 0 Å². The third-order valence-electron chi connectivity index (χ3n) is 1.28. The number of hydrogen-bond donors (Lipinski definition) is 2. The summed E-state index contributed by atoms with van der Waals surface area (Å²) in [4.78, 5) is 10.3. The van der Waals surface area contributed by atoms with Gasteiger partial charge >= 0.3 is 6.09 Å². The fraction of sp³-hybridized carbons (Fsp3) is 0. The van der Waals surface area contributed by atoms with E-state index >= 15 is 0 Å². The number of nitrogens with one attached hydrogen (secondary N) is 1. The highest BCUT2D eigenvalue weighted by atomic mass is 79.9. The summed E-state index contributed by atoms with van der Waals surface area (Å²) >= 11 is 3.16. The van der Waals surface area contributed by atoms with E-state index in [0.29, 0.717) is 15.7 Å². The molecule has 1 aromatic carbocycles. The highest BCUT2D eigenvalue weighted by molar-refractivity contribution is 9.10. The number of carboxylic acid groups (broad SMARTS) is 1. The van der Waals surface area contributed by atoms with Crippen molar-refractivity contribution in [3.05, 3.63) is 28.2 Å². The number of anilines is 1. The average molecular weight is 241 g/mol. The van der Waals surface area contributed by atoms with Crippen molar-refractivity contribution in [1.82, 2.24) is 0 Å². The minimum Gasteiger partial charge on any atom is -0.465 e. The van der Waals surface area contributed by atoms with E-state index in [9.17, 15) is 4.79 Å². The topological polar surface area (TPSA) is 73.1 Å². The van der Waals surface area contributed by atoms with Crippen LogP contribution in [-0.4, -0.2) is 11.2 Å². The van der Waals surface area contributed by atoms with Crippen LogP contribution in [0.5, 0.6) is 0 Å². The van der Waals surface area contributed by atoms with Crippen LogP contribution in [0.4, 0.5) is 10.5 Å². The van der Waals surface area contributed by atoms with E-state index in [1.54, 1.807) is 12.1 Å². The van der Waals surface area contributed by atoms with Crippen LogP contribution in [0, 0.1) is 11.3 Å². The van der Waals surface area contributed by atoms with E-state index in [1.165, 1.54) is 6.07 Å². The fourth-order valence-corrected chi connectivity index (χ4v) is 1.34. The van der Waals surface area contributed by atoms with E-state index < -0.39 is 6.09 Å². The number of carbonyl (C=O) groups is 1. The smallest absolute Gasteiger partial charge is 0.409 e. The lowest BCUT2D eigenvalue weighted by Gasteiger charge is -2.01. The van der Waals surface area contributed by atoms with E-state index in [4.69, 9.17) is 10.4 Å². The number of rotatable bonds is 1. The molecule has 1 amide bonds. The van der Waals surface area contributed by atoms with E-state index in [1.807, 2.05) is 6.07 Å². The molecule has 0 aliphatic heterocycles. The Hall–Kier alpha value is -1.54. The molecule has 0 bridgehead atoms. The number of nitriles is 1. The van der Waals surface area contributed by atoms with Gasteiger partial charge in [0, 0.05) is 10.2 Å². The lowest BCUT2D eigenvalue weighted by Crippen LogP contribution is -2.07. The molecule has 66 valence electrons. The number of nitrogens with zero attached hydrogens (tertiary/aromatic N) is 1. The van der Waals surface area contributed by atoms with Gasteiger partial charge in [-0.05, 0) is 18.2 Å². The molecular formula is C8H5BrN2O2. The van der Waals surface area contributed by atoms with E-state index in [2.05, 4.69) is 21.2 Å². The molecule has 0 fully saturated rings. The van der Waals surface area contributed by atoms with Crippen LogP contribution in [0.1, 0.15) is 5.56 Å². The summed E-state index contributed by atoms with van der Waals surface area (Å²) in [6, 6.07) is 6.56.